The fourth-order valence-corrected chi connectivity index (χ4v) is 3.15. The molecule has 2 aromatic rings. The molecule has 2 heterocycles. The Kier molecular flexibility index (Phi) is 2.65. The van der Waals surface area contributed by atoms with E-state index in [9.17, 15) is 4.79 Å². The highest BCUT2D eigenvalue weighted by atomic mass is 35.5. The summed E-state index contributed by atoms with van der Waals surface area (Å²) < 4.78 is 5.51. The number of carbonyl (C=O) groups excluding carboxylic acids is 1. The molecule has 0 fully saturated rings. The average molecular weight is 265 g/mol. The molecule has 0 aliphatic carbocycles. The van der Waals surface area contributed by atoms with Gasteiger partial charge in [-0.05, 0) is 17.5 Å². The number of ketones is 1. The smallest absolute Gasteiger partial charge is 0.185 e. The average Bonchev–Trinajstić information content (AvgIpc) is 2.94. The van der Waals surface area contributed by atoms with E-state index >= 15 is 0 Å². The number of thiophene rings is 1. The lowest BCUT2D eigenvalue weighted by molar-refractivity contribution is 0.0951. The molecule has 0 amide bonds. The second-order valence-corrected chi connectivity index (χ2v) is 5.19. The number of ether oxygens (including phenoxy) is 1. The normalized spacial score (nSPS) is 17.6. The molecule has 17 heavy (non-hydrogen) atoms. The van der Waals surface area contributed by atoms with E-state index in [4.69, 9.17) is 16.3 Å². The van der Waals surface area contributed by atoms with Gasteiger partial charge in [-0.1, -0.05) is 29.8 Å². The Morgan fingerprint density at radius 2 is 2.18 bits per heavy atom. The predicted octanol–water partition coefficient (Wildman–Crippen LogP) is 3.76. The minimum atomic E-state index is -0.220. The zero-order chi connectivity index (χ0) is 11.8. The molecule has 4 heteroatoms. The van der Waals surface area contributed by atoms with Crippen molar-refractivity contribution < 1.29 is 9.53 Å². The van der Waals surface area contributed by atoms with Gasteiger partial charge < -0.3 is 4.74 Å². The van der Waals surface area contributed by atoms with Crippen LogP contribution in [0.3, 0.4) is 0 Å². The summed E-state index contributed by atoms with van der Waals surface area (Å²) in [5.41, 5.74) is 0.960. The van der Waals surface area contributed by atoms with Crippen molar-refractivity contribution in [2.24, 2.45) is 0 Å². The van der Waals surface area contributed by atoms with E-state index in [1.165, 1.54) is 11.3 Å². The van der Waals surface area contributed by atoms with Crippen LogP contribution in [-0.2, 0) is 0 Å². The van der Waals surface area contributed by atoms with Crippen LogP contribution in [0.2, 0.25) is 5.02 Å². The van der Waals surface area contributed by atoms with Crippen molar-refractivity contribution in [1.29, 1.82) is 0 Å². The minimum absolute atomic E-state index is 0.0509. The topological polar surface area (TPSA) is 26.3 Å². The zero-order valence-electron chi connectivity index (χ0n) is 8.85. The second kappa shape index (κ2) is 4.17. The Morgan fingerprint density at radius 3 is 2.94 bits per heavy atom. The van der Waals surface area contributed by atoms with Crippen molar-refractivity contribution in [3.8, 4) is 5.75 Å². The molecule has 0 saturated heterocycles. The van der Waals surface area contributed by atoms with Gasteiger partial charge in [0.05, 0.1) is 15.8 Å². The second-order valence-electron chi connectivity index (χ2n) is 3.86. The lowest BCUT2D eigenvalue weighted by atomic mass is 9.96. The van der Waals surface area contributed by atoms with E-state index < -0.39 is 0 Å². The Bertz CT molecular complexity index is 576. The maximum atomic E-state index is 12.3. The van der Waals surface area contributed by atoms with Crippen molar-refractivity contribution in [2.45, 2.75) is 5.92 Å². The Balaban J connectivity index is 1.98. The van der Waals surface area contributed by atoms with E-state index in [1.54, 1.807) is 6.07 Å². The highest BCUT2D eigenvalue weighted by Crippen LogP contribution is 2.37. The SMILES string of the molecule is O=C(c1sccc1Cl)C1COc2ccccc21. The number of benzene rings is 1. The first-order chi connectivity index (χ1) is 8.27. The first-order valence-corrected chi connectivity index (χ1v) is 6.52. The largest absolute Gasteiger partial charge is 0.492 e. The number of halogens is 1. The molecule has 1 aliphatic rings. The van der Waals surface area contributed by atoms with Gasteiger partial charge in [0.1, 0.15) is 12.4 Å². The van der Waals surface area contributed by atoms with Gasteiger partial charge in [-0.15, -0.1) is 11.3 Å². The Hall–Kier alpha value is -1.32. The summed E-state index contributed by atoms with van der Waals surface area (Å²) in [7, 11) is 0. The third-order valence-electron chi connectivity index (χ3n) is 2.86. The molecule has 0 spiro atoms. The summed E-state index contributed by atoms with van der Waals surface area (Å²) in [6.45, 7) is 0.409. The third kappa shape index (κ3) is 1.75. The van der Waals surface area contributed by atoms with Gasteiger partial charge >= 0.3 is 0 Å². The minimum Gasteiger partial charge on any atom is -0.492 e. The zero-order valence-corrected chi connectivity index (χ0v) is 10.4. The van der Waals surface area contributed by atoms with Crippen LogP contribution in [0.1, 0.15) is 21.2 Å². The maximum Gasteiger partial charge on any atom is 0.185 e. The first kappa shape index (κ1) is 10.8. The fraction of sp³-hybridized carbons (Fsp3) is 0.154. The molecule has 1 atom stereocenters. The van der Waals surface area contributed by atoms with E-state index in [0.29, 0.717) is 16.5 Å². The summed E-state index contributed by atoms with van der Waals surface area (Å²) in [6, 6.07) is 9.40. The molecular weight excluding hydrogens is 256 g/mol. The molecular formula is C13H9ClO2S. The van der Waals surface area contributed by atoms with Crippen LogP contribution in [0, 0.1) is 0 Å². The van der Waals surface area contributed by atoms with Gasteiger partial charge in [0, 0.05) is 5.56 Å². The summed E-state index contributed by atoms with van der Waals surface area (Å²) in [5, 5.41) is 2.36. The number of hydrogen-bond acceptors (Lipinski definition) is 3. The van der Waals surface area contributed by atoms with Crippen LogP contribution >= 0.6 is 22.9 Å². The quantitative estimate of drug-likeness (QED) is 0.772. The predicted molar refractivity (Wildman–Crippen MR) is 68.3 cm³/mol. The lowest BCUT2D eigenvalue weighted by Gasteiger charge is -2.06. The summed E-state index contributed by atoms with van der Waals surface area (Å²) in [6.07, 6.45) is 0. The molecule has 0 N–H and O–H groups in total. The number of para-hydroxylation sites is 1. The number of hydrogen-bond donors (Lipinski definition) is 0. The molecule has 1 aliphatic heterocycles. The van der Waals surface area contributed by atoms with Crippen LogP contribution < -0.4 is 4.74 Å². The van der Waals surface area contributed by atoms with Crippen molar-refractivity contribution >= 4 is 28.7 Å². The lowest BCUT2D eigenvalue weighted by Crippen LogP contribution is -2.13. The first-order valence-electron chi connectivity index (χ1n) is 5.26. The Labute approximate surface area is 108 Å². The standard InChI is InChI=1S/C13H9ClO2S/c14-10-5-6-17-13(10)12(15)9-7-16-11-4-2-1-3-8(9)11/h1-6,9H,7H2. The summed E-state index contributed by atoms with van der Waals surface area (Å²) in [4.78, 5) is 13.0. The number of carbonyl (C=O) groups is 1. The van der Waals surface area contributed by atoms with Gasteiger partial charge in [0.15, 0.2) is 5.78 Å². The monoisotopic (exact) mass is 264 g/mol. The van der Waals surface area contributed by atoms with E-state index in [0.717, 1.165) is 11.3 Å². The van der Waals surface area contributed by atoms with Gasteiger partial charge in [-0.2, -0.15) is 0 Å². The number of Topliss-reactive ketones (excluding diaryl/α,β-unsaturated/α-hetero) is 1. The molecule has 0 saturated carbocycles. The van der Waals surface area contributed by atoms with E-state index in [2.05, 4.69) is 0 Å². The molecule has 1 aromatic carbocycles. The van der Waals surface area contributed by atoms with Crippen molar-refractivity contribution in [3.63, 3.8) is 0 Å². The summed E-state index contributed by atoms with van der Waals surface area (Å²) >= 11 is 7.37. The molecule has 86 valence electrons. The third-order valence-corrected chi connectivity index (χ3v) is 4.21. The van der Waals surface area contributed by atoms with Crippen LogP contribution in [0.5, 0.6) is 5.75 Å². The van der Waals surface area contributed by atoms with Crippen LogP contribution in [-0.4, -0.2) is 12.4 Å². The van der Waals surface area contributed by atoms with Crippen molar-refractivity contribution in [1.82, 2.24) is 0 Å². The van der Waals surface area contributed by atoms with Gasteiger partial charge in [-0.25, -0.2) is 0 Å². The molecule has 3 rings (SSSR count). The highest BCUT2D eigenvalue weighted by molar-refractivity contribution is 7.12. The number of fused-ring (bicyclic) bond motifs is 1. The molecule has 0 radical (unpaired) electrons. The molecule has 0 bridgehead atoms. The summed E-state index contributed by atoms with van der Waals surface area (Å²) in [5.74, 6) is 0.635. The number of rotatable bonds is 2. The van der Waals surface area contributed by atoms with Gasteiger partial charge in [0.2, 0.25) is 0 Å². The van der Waals surface area contributed by atoms with Crippen molar-refractivity contribution in [2.75, 3.05) is 6.61 Å². The fourth-order valence-electron chi connectivity index (χ4n) is 2.01. The van der Waals surface area contributed by atoms with Crippen LogP contribution in [0.4, 0.5) is 0 Å². The molecule has 2 nitrogen and oxygen atoms in total. The molecule has 1 unspecified atom stereocenters. The highest BCUT2D eigenvalue weighted by Gasteiger charge is 2.32. The van der Waals surface area contributed by atoms with E-state index in [1.807, 2.05) is 29.6 Å². The van der Waals surface area contributed by atoms with Gasteiger partial charge in [0.25, 0.3) is 0 Å². The Morgan fingerprint density at radius 1 is 1.35 bits per heavy atom. The van der Waals surface area contributed by atoms with E-state index in [-0.39, 0.29) is 11.7 Å². The molecule has 1 aromatic heterocycles. The van der Waals surface area contributed by atoms with Crippen LogP contribution in [0.25, 0.3) is 0 Å². The maximum absolute atomic E-state index is 12.3. The van der Waals surface area contributed by atoms with Crippen molar-refractivity contribution in [3.05, 3.63) is 51.2 Å². The van der Waals surface area contributed by atoms with Crippen LogP contribution in [0.15, 0.2) is 35.7 Å². The van der Waals surface area contributed by atoms with Gasteiger partial charge in [-0.3, -0.25) is 4.79 Å².